The maximum Gasteiger partial charge on any atom is 0.224 e. The molecule has 0 spiro atoms. The largest absolute Gasteiger partial charge is 0.336 e. The average Bonchev–Trinajstić information content (AvgIpc) is 2.90. The van der Waals surface area contributed by atoms with Gasteiger partial charge in [0.25, 0.3) is 0 Å². The van der Waals surface area contributed by atoms with E-state index in [-0.39, 0.29) is 6.04 Å². The molecule has 0 radical (unpaired) electrons. The highest BCUT2D eigenvalue weighted by atomic mass is 35.5. The quantitative estimate of drug-likeness (QED) is 0.915. The van der Waals surface area contributed by atoms with Crippen molar-refractivity contribution in [2.75, 3.05) is 13.1 Å². The predicted octanol–water partition coefficient (Wildman–Crippen LogP) is 3.93. The van der Waals surface area contributed by atoms with E-state index in [0.717, 1.165) is 37.4 Å². The fourth-order valence-electron chi connectivity index (χ4n) is 3.70. The summed E-state index contributed by atoms with van der Waals surface area (Å²) in [4.78, 5) is 14.9. The molecule has 1 N–H and O–H groups in total. The lowest BCUT2D eigenvalue weighted by Gasteiger charge is -2.31. The molecule has 0 saturated carbocycles. The van der Waals surface area contributed by atoms with E-state index in [2.05, 4.69) is 22.3 Å². The normalized spacial score (nSPS) is 26.0. The van der Waals surface area contributed by atoms with Crippen molar-refractivity contribution in [2.45, 2.75) is 57.0 Å². The highest BCUT2D eigenvalue weighted by Gasteiger charge is 2.28. The monoisotopic (exact) mass is 320 g/mol. The Bertz CT molecular complexity index is 496. The van der Waals surface area contributed by atoms with E-state index in [4.69, 9.17) is 11.6 Å². The number of amides is 1. The third-order valence-electron chi connectivity index (χ3n) is 4.91. The van der Waals surface area contributed by atoms with Crippen LogP contribution in [0.2, 0.25) is 5.02 Å². The molecule has 2 fully saturated rings. The highest BCUT2D eigenvalue weighted by molar-refractivity contribution is 6.30. The number of likely N-dealkylation sites (tertiary alicyclic amines) is 1. The van der Waals surface area contributed by atoms with Crippen molar-refractivity contribution in [1.82, 2.24) is 10.2 Å². The third kappa shape index (κ3) is 3.82. The zero-order valence-electron chi connectivity index (χ0n) is 13.1. The molecule has 2 aliphatic rings. The van der Waals surface area contributed by atoms with E-state index < -0.39 is 0 Å². The molecule has 2 aliphatic heterocycles. The second kappa shape index (κ2) is 7.47. The molecule has 0 aliphatic carbocycles. The summed E-state index contributed by atoms with van der Waals surface area (Å²) in [5.41, 5.74) is 1.22. The first kappa shape index (κ1) is 15.8. The van der Waals surface area contributed by atoms with Crippen LogP contribution in [0.25, 0.3) is 0 Å². The lowest BCUT2D eigenvalue weighted by atomic mass is 10.00. The minimum absolute atomic E-state index is 0.216. The minimum Gasteiger partial charge on any atom is -0.336 e. The number of nitrogens with one attached hydrogen (secondary N) is 1. The molecule has 1 aromatic carbocycles. The number of hydrogen-bond donors (Lipinski definition) is 1. The molecule has 2 atom stereocenters. The van der Waals surface area contributed by atoms with Gasteiger partial charge in [-0.3, -0.25) is 4.79 Å². The molecule has 4 heteroatoms. The molecular weight excluding hydrogens is 296 g/mol. The number of benzene rings is 1. The molecule has 22 heavy (non-hydrogen) atoms. The molecule has 0 bridgehead atoms. The van der Waals surface area contributed by atoms with Crippen molar-refractivity contribution >= 4 is 17.5 Å². The summed E-state index contributed by atoms with van der Waals surface area (Å²) in [7, 11) is 0. The van der Waals surface area contributed by atoms with Gasteiger partial charge >= 0.3 is 0 Å². The van der Waals surface area contributed by atoms with Gasteiger partial charge in [0.05, 0.1) is 6.04 Å². The van der Waals surface area contributed by atoms with Crippen LogP contribution in [-0.2, 0) is 4.79 Å². The summed E-state index contributed by atoms with van der Waals surface area (Å²) < 4.78 is 0. The summed E-state index contributed by atoms with van der Waals surface area (Å²) in [6.45, 7) is 1.94. The van der Waals surface area contributed by atoms with Crippen LogP contribution in [0, 0.1) is 0 Å². The molecule has 1 aromatic rings. The number of nitrogens with zero attached hydrogens (tertiary/aromatic N) is 1. The van der Waals surface area contributed by atoms with Crippen LogP contribution in [0.1, 0.15) is 56.6 Å². The van der Waals surface area contributed by atoms with Crippen molar-refractivity contribution in [3.63, 3.8) is 0 Å². The van der Waals surface area contributed by atoms with E-state index in [1.807, 2.05) is 12.1 Å². The molecule has 3 rings (SSSR count). The number of carbonyl (C=O) groups excluding carboxylic acids is 1. The number of hydrogen-bond acceptors (Lipinski definition) is 2. The maximum atomic E-state index is 12.8. The van der Waals surface area contributed by atoms with Gasteiger partial charge in [-0.25, -0.2) is 0 Å². The van der Waals surface area contributed by atoms with Crippen LogP contribution < -0.4 is 5.32 Å². The van der Waals surface area contributed by atoms with E-state index in [1.54, 1.807) is 0 Å². The molecular formula is C18H25ClN2O. The van der Waals surface area contributed by atoms with Gasteiger partial charge in [0, 0.05) is 24.0 Å². The van der Waals surface area contributed by atoms with Gasteiger partial charge in [-0.1, -0.05) is 36.6 Å². The zero-order chi connectivity index (χ0) is 15.4. The number of halogens is 1. The van der Waals surface area contributed by atoms with Crippen LogP contribution in [0.4, 0.5) is 0 Å². The fourth-order valence-corrected chi connectivity index (χ4v) is 3.82. The first-order valence-corrected chi connectivity index (χ1v) is 8.90. The Kier molecular flexibility index (Phi) is 5.37. The second-order valence-corrected chi connectivity index (χ2v) is 6.94. The zero-order valence-corrected chi connectivity index (χ0v) is 13.8. The standard InChI is InChI=1S/C18H25ClN2O/c19-15-9-7-14(8-10-15)17-6-2-1-3-12-21(17)18(22)13-16-5-4-11-20-16/h7-10,16-17,20H,1-6,11-13H2. The Morgan fingerprint density at radius 1 is 1.14 bits per heavy atom. The lowest BCUT2D eigenvalue weighted by molar-refractivity contribution is -0.134. The SMILES string of the molecule is O=C(CC1CCCN1)N1CCCCCC1c1ccc(Cl)cc1. The predicted molar refractivity (Wildman–Crippen MR) is 90.0 cm³/mol. The highest BCUT2D eigenvalue weighted by Crippen LogP contribution is 2.31. The Labute approximate surface area is 138 Å². The van der Waals surface area contributed by atoms with E-state index in [0.29, 0.717) is 18.4 Å². The number of carbonyl (C=O) groups is 1. The molecule has 120 valence electrons. The molecule has 3 nitrogen and oxygen atoms in total. The minimum atomic E-state index is 0.216. The Balaban J connectivity index is 1.74. The Morgan fingerprint density at radius 2 is 1.95 bits per heavy atom. The molecule has 2 unspecified atom stereocenters. The molecule has 0 aromatic heterocycles. The maximum absolute atomic E-state index is 12.8. The average molecular weight is 321 g/mol. The van der Waals surface area contributed by atoms with Gasteiger partial charge in [0.15, 0.2) is 0 Å². The smallest absolute Gasteiger partial charge is 0.224 e. The van der Waals surface area contributed by atoms with Crippen LogP contribution in [0.3, 0.4) is 0 Å². The van der Waals surface area contributed by atoms with Gasteiger partial charge in [0.2, 0.25) is 5.91 Å². The first-order valence-electron chi connectivity index (χ1n) is 8.52. The van der Waals surface area contributed by atoms with Gasteiger partial charge in [0.1, 0.15) is 0 Å². The van der Waals surface area contributed by atoms with Gasteiger partial charge in [-0.15, -0.1) is 0 Å². The van der Waals surface area contributed by atoms with Crippen LogP contribution in [0.5, 0.6) is 0 Å². The summed E-state index contributed by atoms with van der Waals surface area (Å²) in [6, 6.07) is 8.61. The summed E-state index contributed by atoms with van der Waals surface area (Å²) >= 11 is 6.01. The van der Waals surface area contributed by atoms with Crippen LogP contribution in [0.15, 0.2) is 24.3 Å². The van der Waals surface area contributed by atoms with Crippen molar-refractivity contribution in [2.24, 2.45) is 0 Å². The Morgan fingerprint density at radius 3 is 2.68 bits per heavy atom. The van der Waals surface area contributed by atoms with Crippen LogP contribution in [-0.4, -0.2) is 29.9 Å². The van der Waals surface area contributed by atoms with Crippen molar-refractivity contribution in [3.05, 3.63) is 34.9 Å². The second-order valence-electron chi connectivity index (χ2n) is 6.50. The molecule has 2 saturated heterocycles. The fraction of sp³-hybridized carbons (Fsp3) is 0.611. The first-order chi connectivity index (χ1) is 10.7. The molecule has 1 amide bonds. The lowest BCUT2D eigenvalue weighted by Crippen LogP contribution is -2.38. The van der Waals surface area contributed by atoms with Gasteiger partial charge in [-0.05, 0) is 49.9 Å². The topological polar surface area (TPSA) is 32.3 Å². The van der Waals surface area contributed by atoms with Crippen molar-refractivity contribution < 1.29 is 4.79 Å². The Hall–Kier alpha value is -1.06. The van der Waals surface area contributed by atoms with Crippen LogP contribution >= 0.6 is 11.6 Å². The molecule has 2 heterocycles. The van der Waals surface area contributed by atoms with Crippen molar-refractivity contribution in [3.8, 4) is 0 Å². The van der Waals surface area contributed by atoms with Gasteiger partial charge in [-0.2, -0.15) is 0 Å². The van der Waals surface area contributed by atoms with E-state index in [1.165, 1.54) is 24.8 Å². The van der Waals surface area contributed by atoms with E-state index in [9.17, 15) is 4.79 Å². The van der Waals surface area contributed by atoms with Gasteiger partial charge < -0.3 is 10.2 Å². The number of rotatable bonds is 3. The summed E-state index contributed by atoms with van der Waals surface area (Å²) in [6.07, 6.45) is 7.56. The third-order valence-corrected chi connectivity index (χ3v) is 5.16. The van der Waals surface area contributed by atoms with E-state index >= 15 is 0 Å². The summed E-state index contributed by atoms with van der Waals surface area (Å²) in [5.74, 6) is 0.307. The summed E-state index contributed by atoms with van der Waals surface area (Å²) in [5, 5.41) is 4.19. The van der Waals surface area contributed by atoms with Crippen molar-refractivity contribution in [1.29, 1.82) is 0 Å².